The van der Waals surface area contributed by atoms with Crippen LogP contribution in [0.2, 0.25) is 0 Å². The summed E-state index contributed by atoms with van der Waals surface area (Å²) in [6, 6.07) is 7.71. The monoisotopic (exact) mass is 346 g/mol. The van der Waals surface area contributed by atoms with Gasteiger partial charge in [0.05, 0.1) is 0 Å². The molecule has 0 bridgehead atoms. The fourth-order valence-electron chi connectivity index (χ4n) is 3.53. The first-order chi connectivity index (χ1) is 11.8. The maximum Gasteiger partial charge on any atom is 0.313 e. The van der Waals surface area contributed by atoms with Gasteiger partial charge in [0, 0.05) is 31.9 Å². The number of anilines is 1. The number of hydrogen-bond acceptors (Lipinski definition) is 4. The number of nitrogens with zero attached hydrogens (tertiary/aromatic N) is 3. The number of carbonyl (C=O) groups excluding carboxylic acids is 2. The highest BCUT2D eigenvalue weighted by Gasteiger charge is 2.32. The zero-order chi connectivity index (χ0) is 18.6. The molecule has 1 N–H and O–H groups in total. The van der Waals surface area contributed by atoms with E-state index in [1.54, 1.807) is 11.9 Å². The molecule has 25 heavy (non-hydrogen) atoms. The van der Waals surface area contributed by atoms with Crippen molar-refractivity contribution in [1.82, 2.24) is 14.7 Å². The van der Waals surface area contributed by atoms with E-state index in [-0.39, 0.29) is 6.04 Å². The van der Waals surface area contributed by atoms with Crippen LogP contribution in [-0.2, 0) is 16.1 Å². The van der Waals surface area contributed by atoms with Gasteiger partial charge in [-0.2, -0.15) is 0 Å². The summed E-state index contributed by atoms with van der Waals surface area (Å²) in [7, 11) is 7.80. The molecule has 0 spiro atoms. The van der Waals surface area contributed by atoms with Crippen LogP contribution in [0.3, 0.4) is 0 Å². The van der Waals surface area contributed by atoms with Crippen LogP contribution < -0.4 is 5.32 Å². The van der Waals surface area contributed by atoms with E-state index in [1.807, 2.05) is 38.4 Å². The second-order valence-electron chi connectivity index (χ2n) is 7.40. The summed E-state index contributed by atoms with van der Waals surface area (Å²) in [6.45, 7) is 4.80. The van der Waals surface area contributed by atoms with Crippen molar-refractivity contribution in [3.8, 4) is 0 Å². The molecule has 1 aliphatic rings. The largest absolute Gasteiger partial charge is 0.334 e. The molecule has 0 radical (unpaired) electrons. The summed E-state index contributed by atoms with van der Waals surface area (Å²) in [6.07, 6.45) is 0.894. The molecule has 1 saturated heterocycles. The highest BCUT2D eigenvalue weighted by Crippen LogP contribution is 2.20. The van der Waals surface area contributed by atoms with Crippen molar-refractivity contribution in [3.63, 3.8) is 0 Å². The van der Waals surface area contributed by atoms with Crippen LogP contribution in [-0.4, -0.2) is 73.8 Å². The molecule has 0 saturated carbocycles. The Hall–Kier alpha value is -1.92. The van der Waals surface area contributed by atoms with E-state index in [1.165, 1.54) is 0 Å². The summed E-state index contributed by atoms with van der Waals surface area (Å²) < 4.78 is 0. The number of piperidine rings is 1. The van der Waals surface area contributed by atoms with Gasteiger partial charge >= 0.3 is 11.8 Å². The number of benzene rings is 1. The van der Waals surface area contributed by atoms with Gasteiger partial charge in [-0.1, -0.05) is 19.1 Å². The SMILES string of the molecule is C[C@@H]1CN(C)CC[C@@H]1N(C)C(=O)C(=O)Nc1cccc(CN(C)C)c1. The summed E-state index contributed by atoms with van der Waals surface area (Å²) in [5, 5.41) is 2.74. The molecule has 1 fully saturated rings. The summed E-state index contributed by atoms with van der Waals surface area (Å²) in [4.78, 5) is 30.8. The fourth-order valence-corrected chi connectivity index (χ4v) is 3.53. The average Bonchev–Trinajstić information content (AvgIpc) is 2.53. The zero-order valence-corrected chi connectivity index (χ0v) is 16.0. The number of likely N-dealkylation sites (N-methyl/N-ethyl adjacent to an activating group) is 1. The summed E-state index contributed by atoms with van der Waals surface area (Å²) in [5.74, 6) is -0.695. The Morgan fingerprint density at radius 1 is 1.28 bits per heavy atom. The molecular formula is C19H30N4O2. The highest BCUT2D eigenvalue weighted by atomic mass is 16.2. The topological polar surface area (TPSA) is 55.9 Å². The number of hydrogen-bond donors (Lipinski definition) is 1. The van der Waals surface area contributed by atoms with E-state index in [2.05, 4.69) is 29.1 Å². The molecule has 2 amide bonds. The third kappa shape index (κ3) is 5.28. The molecule has 1 aliphatic heterocycles. The van der Waals surface area contributed by atoms with Crippen LogP contribution in [0.1, 0.15) is 18.9 Å². The highest BCUT2D eigenvalue weighted by molar-refractivity contribution is 6.39. The molecular weight excluding hydrogens is 316 g/mol. The van der Waals surface area contributed by atoms with Gasteiger partial charge in [0.2, 0.25) is 0 Å². The predicted octanol–water partition coefficient (Wildman–Crippen LogP) is 1.49. The van der Waals surface area contributed by atoms with E-state index in [0.29, 0.717) is 11.6 Å². The van der Waals surface area contributed by atoms with Crippen molar-refractivity contribution in [3.05, 3.63) is 29.8 Å². The molecule has 1 aromatic rings. The van der Waals surface area contributed by atoms with Gasteiger partial charge in [-0.05, 0) is 57.7 Å². The Labute approximate surface area is 150 Å². The van der Waals surface area contributed by atoms with Gasteiger partial charge in [0.25, 0.3) is 0 Å². The number of rotatable bonds is 4. The van der Waals surface area contributed by atoms with E-state index in [9.17, 15) is 9.59 Å². The Kier molecular flexibility index (Phi) is 6.56. The molecule has 0 aromatic heterocycles. The Morgan fingerprint density at radius 2 is 2.00 bits per heavy atom. The minimum Gasteiger partial charge on any atom is -0.334 e. The maximum absolute atomic E-state index is 12.5. The fraction of sp³-hybridized carbons (Fsp3) is 0.579. The molecule has 2 atom stereocenters. The Balaban J connectivity index is 1.99. The van der Waals surface area contributed by atoms with Crippen molar-refractivity contribution >= 4 is 17.5 Å². The lowest BCUT2D eigenvalue weighted by Crippen LogP contribution is -2.52. The second-order valence-corrected chi connectivity index (χ2v) is 7.40. The lowest BCUT2D eigenvalue weighted by Gasteiger charge is -2.39. The van der Waals surface area contributed by atoms with E-state index < -0.39 is 11.8 Å². The number of likely N-dealkylation sites (tertiary alicyclic amines) is 1. The minimum absolute atomic E-state index is 0.106. The minimum atomic E-state index is -0.573. The second kappa shape index (κ2) is 8.45. The quantitative estimate of drug-likeness (QED) is 0.839. The molecule has 2 rings (SSSR count). The lowest BCUT2D eigenvalue weighted by molar-refractivity contribution is -0.145. The van der Waals surface area contributed by atoms with Gasteiger partial charge < -0.3 is 20.0 Å². The third-order valence-corrected chi connectivity index (χ3v) is 4.76. The normalized spacial score (nSPS) is 21.2. The first kappa shape index (κ1) is 19.4. The standard InChI is InChI=1S/C19H30N4O2/c1-14-12-22(4)10-9-17(14)23(5)19(25)18(24)20-16-8-6-7-15(11-16)13-21(2)3/h6-8,11,14,17H,9-10,12-13H2,1-5H3,(H,20,24)/t14-,17+/m1/s1. The van der Waals surface area contributed by atoms with Gasteiger partial charge in [-0.3, -0.25) is 9.59 Å². The first-order valence-corrected chi connectivity index (χ1v) is 8.78. The maximum atomic E-state index is 12.5. The van der Waals surface area contributed by atoms with E-state index in [4.69, 9.17) is 0 Å². The number of nitrogens with one attached hydrogen (secondary N) is 1. The lowest BCUT2D eigenvalue weighted by atomic mass is 9.93. The Bertz CT molecular complexity index is 617. The summed E-state index contributed by atoms with van der Waals surface area (Å²) in [5.41, 5.74) is 1.75. The molecule has 6 nitrogen and oxygen atoms in total. The molecule has 138 valence electrons. The van der Waals surface area contributed by atoms with Crippen molar-refractivity contribution in [2.24, 2.45) is 5.92 Å². The van der Waals surface area contributed by atoms with Crippen LogP contribution >= 0.6 is 0 Å². The van der Waals surface area contributed by atoms with Crippen LogP contribution in [0.25, 0.3) is 0 Å². The molecule has 6 heteroatoms. The molecule has 1 heterocycles. The van der Waals surface area contributed by atoms with Gasteiger partial charge in [-0.15, -0.1) is 0 Å². The first-order valence-electron chi connectivity index (χ1n) is 8.78. The average molecular weight is 346 g/mol. The molecule has 0 unspecified atom stereocenters. The van der Waals surface area contributed by atoms with Crippen molar-refractivity contribution in [2.45, 2.75) is 25.9 Å². The van der Waals surface area contributed by atoms with Gasteiger partial charge in [0.1, 0.15) is 0 Å². The van der Waals surface area contributed by atoms with Crippen LogP contribution in [0, 0.1) is 5.92 Å². The molecule has 1 aromatic carbocycles. The van der Waals surface area contributed by atoms with Crippen LogP contribution in [0.15, 0.2) is 24.3 Å². The van der Waals surface area contributed by atoms with E-state index in [0.717, 1.165) is 31.6 Å². The van der Waals surface area contributed by atoms with Crippen molar-refractivity contribution in [2.75, 3.05) is 46.6 Å². The van der Waals surface area contributed by atoms with Crippen LogP contribution in [0.4, 0.5) is 5.69 Å². The van der Waals surface area contributed by atoms with Crippen LogP contribution in [0.5, 0.6) is 0 Å². The summed E-state index contributed by atoms with van der Waals surface area (Å²) >= 11 is 0. The zero-order valence-electron chi connectivity index (χ0n) is 16.0. The Morgan fingerprint density at radius 3 is 2.64 bits per heavy atom. The predicted molar refractivity (Wildman–Crippen MR) is 100 cm³/mol. The smallest absolute Gasteiger partial charge is 0.313 e. The number of carbonyl (C=O) groups is 2. The van der Waals surface area contributed by atoms with Gasteiger partial charge in [-0.25, -0.2) is 0 Å². The number of amides is 2. The van der Waals surface area contributed by atoms with Crippen molar-refractivity contribution < 1.29 is 9.59 Å². The van der Waals surface area contributed by atoms with Gasteiger partial charge in [0.15, 0.2) is 0 Å². The van der Waals surface area contributed by atoms with E-state index >= 15 is 0 Å². The molecule has 0 aliphatic carbocycles. The van der Waals surface area contributed by atoms with Crippen molar-refractivity contribution in [1.29, 1.82) is 0 Å². The third-order valence-electron chi connectivity index (χ3n) is 4.76.